The lowest BCUT2D eigenvalue weighted by molar-refractivity contribution is 0.222. The molecule has 0 bridgehead atoms. The van der Waals surface area contributed by atoms with Crippen molar-refractivity contribution in [1.29, 1.82) is 0 Å². The summed E-state index contributed by atoms with van der Waals surface area (Å²) in [5.74, 6) is 0.127. The normalized spacial score (nSPS) is 12.6. The number of aliphatic hydroxyl groups excluding tert-OH is 1. The Kier molecular flexibility index (Phi) is 5.85. The molecule has 0 spiro atoms. The third-order valence-corrected chi connectivity index (χ3v) is 5.06. The average molecular weight is 372 g/mol. The lowest BCUT2D eigenvalue weighted by Gasteiger charge is -2.16. The maximum Gasteiger partial charge on any atom is 0.0738 e. The van der Waals surface area contributed by atoms with Gasteiger partial charge in [0.25, 0.3) is 0 Å². The Hall–Kier alpha value is -0.840. The molecule has 0 aliphatic heterocycles. The summed E-state index contributed by atoms with van der Waals surface area (Å²) in [6.07, 6.45) is 1.54. The first-order valence-electron chi connectivity index (χ1n) is 7.12. The highest BCUT2D eigenvalue weighted by molar-refractivity contribution is 9.10. The molecule has 114 valence electrons. The number of rotatable bonds is 6. The largest absolute Gasteiger partial charge is 0.396 e. The molecule has 1 aromatic heterocycles. The molecule has 0 aliphatic rings. The predicted octanol–water partition coefficient (Wildman–Crippen LogP) is 4.02. The van der Waals surface area contributed by atoms with Crippen molar-refractivity contribution >= 4 is 27.5 Å². The van der Waals surface area contributed by atoms with E-state index in [9.17, 15) is 5.11 Å². The third-order valence-electron chi connectivity index (χ3n) is 3.66. The topological polar surface area (TPSA) is 38.0 Å². The zero-order valence-electron chi connectivity index (χ0n) is 12.3. The Morgan fingerprint density at radius 3 is 2.67 bits per heavy atom. The van der Waals surface area contributed by atoms with Crippen LogP contribution in [-0.4, -0.2) is 21.5 Å². The van der Waals surface area contributed by atoms with Crippen molar-refractivity contribution in [2.75, 3.05) is 6.61 Å². The van der Waals surface area contributed by atoms with Crippen LogP contribution < -0.4 is 0 Å². The maximum absolute atomic E-state index is 9.71. The van der Waals surface area contributed by atoms with Crippen LogP contribution in [0.1, 0.15) is 23.9 Å². The summed E-state index contributed by atoms with van der Waals surface area (Å²) >= 11 is 9.82. The molecule has 3 nitrogen and oxygen atoms in total. The lowest BCUT2D eigenvalue weighted by atomic mass is 9.95. The first-order valence-corrected chi connectivity index (χ1v) is 8.29. The number of aliphatic hydroxyl groups is 1. The number of halogens is 2. The molecule has 5 heteroatoms. The van der Waals surface area contributed by atoms with Crippen molar-refractivity contribution in [1.82, 2.24) is 9.78 Å². The predicted molar refractivity (Wildman–Crippen MR) is 89.8 cm³/mol. The Morgan fingerprint density at radius 1 is 1.33 bits per heavy atom. The van der Waals surface area contributed by atoms with Crippen LogP contribution in [0.2, 0.25) is 5.02 Å². The van der Waals surface area contributed by atoms with Gasteiger partial charge in [-0.1, -0.05) is 29.8 Å². The number of aromatic nitrogens is 2. The zero-order valence-corrected chi connectivity index (χ0v) is 14.7. The van der Waals surface area contributed by atoms with Crippen molar-refractivity contribution in [3.05, 3.63) is 50.7 Å². The molecule has 2 rings (SSSR count). The number of benzene rings is 1. The molecule has 0 saturated carbocycles. The van der Waals surface area contributed by atoms with Crippen LogP contribution in [0.15, 0.2) is 28.7 Å². The van der Waals surface area contributed by atoms with Crippen LogP contribution in [0.4, 0.5) is 0 Å². The molecule has 0 fully saturated rings. The van der Waals surface area contributed by atoms with Crippen molar-refractivity contribution in [3.63, 3.8) is 0 Å². The quantitative estimate of drug-likeness (QED) is 0.833. The van der Waals surface area contributed by atoms with Crippen molar-refractivity contribution in [3.8, 4) is 0 Å². The fourth-order valence-corrected chi connectivity index (χ4v) is 3.17. The molecule has 21 heavy (non-hydrogen) atoms. The van der Waals surface area contributed by atoms with Gasteiger partial charge in [-0.15, -0.1) is 0 Å². The van der Waals surface area contributed by atoms with Gasteiger partial charge in [-0.25, -0.2) is 0 Å². The van der Waals surface area contributed by atoms with E-state index in [-0.39, 0.29) is 12.5 Å². The van der Waals surface area contributed by atoms with Crippen LogP contribution in [-0.2, 0) is 19.4 Å². The van der Waals surface area contributed by atoms with Gasteiger partial charge in [0, 0.05) is 18.2 Å². The van der Waals surface area contributed by atoms with Crippen molar-refractivity contribution in [2.45, 2.75) is 33.2 Å². The van der Waals surface area contributed by atoms with Gasteiger partial charge in [0.05, 0.1) is 15.9 Å². The van der Waals surface area contributed by atoms with Crippen LogP contribution in [0, 0.1) is 12.8 Å². The maximum atomic E-state index is 9.71. The molecule has 1 N–H and O–H groups in total. The fourth-order valence-electron chi connectivity index (χ4n) is 2.51. The SMILES string of the molecule is CCn1nc(C)c(Br)c1CC(CO)Cc1ccccc1Cl. The molecule has 0 aliphatic carbocycles. The van der Waals surface area contributed by atoms with Crippen molar-refractivity contribution in [2.24, 2.45) is 5.92 Å². The summed E-state index contributed by atoms with van der Waals surface area (Å²) in [6.45, 7) is 5.02. The second-order valence-corrected chi connectivity index (χ2v) is 6.41. The number of hydrogen-bond donors (Lipinski definition) is 1. The standard InChI is InChI=1S/C16H20BrClN2O/c1-3-20-15(16(17)11(2)19-20)9-12(10-21)8-13-6-4-5-7-14(13)18/h4-7,12,21H,3,8-10H2,1-2H3. The highest BCUT2D eigenvalue weighted by Crippen LogP contribution is 2.26. The van der Waals surface area contributed by atoms with E-state index in [1.165, 1.54) is 0 Å². The van der Waals surface area contributed by atoms with E-state index in [0.717, 1.165) is 45.8 Å². The molecule has 1 atom stereocenters. The Balaban J connectivity index is 2.18. The minimum atomic E-state index is 0.127. The molecular weight excluding hydrogens is 352 g/mol. The van der Waals surface area contributed by atoms with E-state index in [0.29, 0.717) is 0 Å². The molecule has 2 aromatic rings. The van der Waals surface area contributed by atoms with Crippen LogP contribution in [0.3, 0.4) is 0 Å². The molecule has 1 unspecified atom stereocenters. The zero-order chi connectivity index (χ0) is 15.4. The second kappa shape index (κ2) is 7.43. The summed E-state index contributed by atoms with van der Waals surface area (Å²) in [6, 6.07) is 7.81. The molecule has 1 heterocycles. The Morgan fingerprint density at radius 2 is 2.05 bits per heavy atom. The highest BCUT2D eigenvalue weighted by Gasteiger charge is 2.18. The molecule has 0 amide bonds. The monoisotopic (exact) mass is 370 g/mol. The van der Waals surface area contributed by atoms with Gasteiger partial charge in [-0.3, -0.25) is 4.68 Å². The van der Waals surface area contributed by atoms with E-state index >= 15 is 0 Å². The number of hydrogen-bond acceptors (Lipinski definition) is 2. The van der Waals surface area contributed by atoms with Gasteiger partial charge in [0.1, 0.15) is 0 Å². The summed E-state index contributed by atoms with van der Waals surface area (Å²) in [5, 5.41) is 15.0. The summed E-state index contributed by atoms with van der Waals surface area (Å²) in [7, 11) is 0. The van der Waals surface area contributed by atoms with Gasteiger partial charge in [0.15, 0.2) is 0 Å². The van der Waals surface area contributed by atoms with Gasteiger partial charge >= 0.3 is 0 Å². The minimum absolute atomic E-state index is 0.127. The first-order chi connectivity index (χ1) is 10.1. The van der Waals surface area contributed by atoms with E-state index in [1.54, 1.807) is 0 Å². The molecule has 0 saturated heterocycles. The van der Waals surface area contributed by atoms with Gasteiger partial charge in [-0.2, -0.15) is 5.10 Å². The number of aryl methyl sites for hydroxylation is 2. The smallest absolute Gasteiger partial charge is 0.0738 e. The van der Waals surface area contributed by atoms with E-state index in [1.807, 2.05) is 35.9 Å². The van der Waals surface area contributed by atoms with Gasteiger partial charge in [0.2, 0.25) is 0 Å². The summed E-state index contributed by atoms with van der Waals surface area (Å²) < 4.78 is 3.04. The first kappa shape index (κ1) is 16.5. The van der Waals surface area contributed by atoms with E-state index in [2.05, 4.69) is 28.0 Å². The summed E-state index contributed by atoms with van der Waals surface area (Å²) in [4.78, 5) is 0. The molecule has 1 aromatic carbocycles. The Labute approximate surface area is 139 Å². The minimum Gasteiger partial charge on any atom is -0.396 e. The van der Waals surface area contributed by atoms with Crippen molar-refractivity contribution < 1.29 is 5.11 Å². The van der Waals surface area contributed by atoms with Gasteiger partial charge < -0.3 is 5.11 Å². The van der Waals surface area contributed by atoms with Crippen LogP contribution in [0.25, 0.3) is 0 Å². The van der Waals surface area contributed by atoms with Gasteiger partial charge in [-0.05, 0) is 60.2 Å². The molecule has 0 radical (unpaired) electrons. The van der Waals surface area contributed by atoms with E-state index in [4.69, 9.17) is 11.6 Å². The van der Waals surface area contributed by atoms with Crippen LogP contribution in [0.5, 0.6) is 0 Å². The number of nitrogens with zero attached hydrogens (tertiary/aromatic N) is 2. The fraction of sp³-hybridized carbons (Fsp3) is 0.438. The highest BCUT2D eigenvalue weighted by atomic mass is 79.9. The third kappa shape index (κ3) is 3.87. The Bertz CT molecular complexity index is 612. The lowest BCUT2D eigenvalue weighted by Crippen LogP contribution is -2.16. The second-order valence-electron chi connectivity index (χ2n) is 5.21. The van der Waals surface area contributed by atoms with E-state index < -0.39 is 0 Å². The van der Waals surface area contributed by atoms with Crippen LogP contribution >= 0.6 is 27.5 Å². The average Bonchev–Trinajstić information content (AvgIpc) is 2.76. The molecular formula is C16H20BrClN2O. The summed E-state index contributed by atoms with van der Waals surface area (Å²) in [5.41, 5.74) is 3.20.